The first-order chi connectivity index (χ1) is 12.6. The second-order valence-electron chi connectivity index (χ2n) is 7.38. The highest BCUT2D eigenvalue weighted by molar-refractivity contribution is 6.06. The van der Waals surface area contributed by atoms with Crippen LogP contribution in [0.15, 0.2) is 36.4 Å². The first-order valence-electron chi connectivity index (χ1n) is 9.20. The van der Waals surface area contributed by atoms with Crippen molar-refractivity contribution in [1.82, 2.24) is 10.2 Å². The topological polar surface area (TPSA) is 92.5 Å². The molecule has 3 N–H and O–H groups in total. The number of allylic oxidation sites excluding steroid dienone is 2. The van der Waals surface area contributed by atoms with Crippen molar-refractivity contribution in [2.75, 3.05) is 18.8 Å². The van der Waals surface area contributed by atoms with E-state index in [4.69, 9.17) is 5.73 Å². The fraction of sp³-hybridized carbons (Fsp3) is 0.450. The maximum Gasteiger partial charge on any atom is 0.233 e. The van der Waals surface area contributed by atoms with E-state index in [2.05, 4.69) is 17.5 Å². The Morgan fingerprint density at radius 2 is 1.77 bits per heavy atom. The number of likely N-dealkylation sites (tertiary alicyclic amines) is 1. The van der Waals surface area contributed by atoms with Gasteiger partial charge in [0.2, 0.25) is 17.7 Å². The summed E-state index contributed by atoms with van der Waals surface area (Å²) in [5, 5.41) is 2.80. The number of anilines is 1. The van der Waals surface area contributed by atoms with Crippen molar-refractivity contribution >= 4 is 23.4 Å². The average Bonchev–Trinajstić information content (AvgIpc) is 3.30. The molecule has 0 aromatic heterocycles. The molecule has 26 heavy (non-hydrogen) atoms. The molecular formula is C20H23N3O3. The Morgan fingerprint density at radius 3 is 2.42 bits per heavy atom. The zero-order valence-corrected chi connectivity index (χ0v) is 14.6. The lowest BCUT2D eigenvalue weighted by Gasteiger charge is -2.17. The number of para-hydroxylation sites is 1. The summed E-state index contributed by atoms with van der Waals surface area (Å²) in [4.78, 5) is 38.5. The maximum atomic E-state index is 12.6. The van der Waals surface area contributed by atoms with Gasteiger partial charge in [-0.05, 0) is 36.3 Å². The lowest BCUT2D eigenvalue weighted by molar-refractivity contribution is -0.141. The van der Waals surface area contributed by atoms with E-state index in [1.165, 1.54) is 4.90 Å². The summed E-state index contributed by atoms with van der Waals surface area (Å²) in [6, 6.07) is 7.48. The molecule has 2 bridgehead atoms. The second kappa shape index (κ2) is 6.59. The number of imide groups is 1. The lowest BCUT2D eigenvalue weighted by atomic mass is 9.85. The van der Waals surface area contributed by atoms with E-state index in [9.17, 15) is 14.4 Å². The smallest absolute Gasteiger partial charge is 0.233 e. The van der Waals surface area contributed by atoms with E-state index in [0.29, 0.717) is 25.1 Å². The molecule has 1 saturated heterocycles. The minimum Gasteiger partial charge on any atom is -0.399 e. The lowest BCUT2D eigenvalue weighted by Crippen LogP contribution is -2.39. The Hall–Kier alpha value is -2.63. The van der Waals surface area contributed by atoms with Crippen LogP contribution in [0.25, 0.3) is 0 Å². The van der Waals surface area contributed by atoms with E-state index in [1.54, 1.807) is 0 Å². The fourth-order valence-corrected chi connectivity index (χ4v) is 4.59. The number of carbonyl (C=O) groups excluding carboxylic acids is 3. The molecule has 4 unspecified atom stereocenters. The van der Waals surface area contributed by atoms with Crippen molar-refractivity contribution in [3.05, 3.63) is 42.0 Å². The molecule has 2 aliphatic carbocycles. The van der Waals surface area contributed by atoms with Gasteiger partial charge in [0.25, 0.3) is 0 Å². The van der Waals surface area contributed by atoms with Crippen molar-refractivity contribution in [3.8, 4) is 0 Å². The number of aryl methyl sites for hydroxylation is 1. The number of nitrogens with two attached hydrogens (primary N) is 1. The summed E-state index contributed by atoms with van der Waals surface area (Å²) in [6.07, 6.45) is 5.99. The highest BCUT2D eigenvalue weighted by Crippen LogP contribution is 2.52. The predicted molar refractivity (Wildman–Crippen MR) is 96.6 cm³/mol. The van der Waals surface area contributed by atoms with Gasteiger partial charge in [0.1, 0.15) is 0 Å². The SMILES string of the molecule is Nc1ccccc1CCC(=O)NCCN1C(=O)C2C3C=CC(C3)C2C1=O. The van der Waals surface area contributed by atoms with Crippen molar-refractivity contribution in [1.29, 1.82) is 0 Å². The molecule has 1 aliphatic heterocycles. The van der Waals surface area contributed by atoms with E-state index < -0.39 is 0 Å². The van der Waals surface area contributed by atoms with Crippen LogP contribution in [0, 0.1) is 23.7 Å². The molecular weight excluding hydrogens is 330 g/mol. The number of hydrogen-bond donors (Lipinski definition) is 2. The van der Waals surface area contributed by atoms with Gasteiger partial charge in [0, 0.05) is 25.2 Å². The summed E-state index contributed by atoms with van der Waals surface area (Å²) in [5.41, 5.74) is 7.51. The van der Waals surface area contributed by atoms with Crippen LogP contribution < -0.4 is 11.1 Å². The number of nitrogens with zero attached hydrogens (tertiary/aromatic N) is 1. The molecule has 2 fully saturated rings. The molecule has 0 radical (unpaired) electrons. The molecule has 0 spiro atoms. The highest BCUT2D eigenvalue weighted by atomic mass is 16.2. The standard InChI is InChI=1S/C20H23N3O3/c21-15-4-2-1-3-12(15)7-8-16(24)22-9-10-23-19(25)17-13-5-6-14(11-13)18(17)20(23)26/h1-6,13-14,17-18H,7-11,21H2,(H,22,24). The number of rotatable bonds is 6. The predicted octanol–water partition coefficient (Wildman–Crippen LogP) is 1.12. The Balaban J connectivity index is 1.25. The summed E-state index contributed by atoms with van der Waals surface area (Å²) >= 11 is 0. The normalized spacial score (nSPS) is 28.7. The molecule has 1 aromatic rings. The van der Waals surface area contributed by atoms with E-state index >= 15 is 0 Å². The van der Waals surface area contributed by atoms with Crippen LogP contribution in [0.3, 0.4) is 0 Å². The van der Waals surface area contributed by atoms with Gasteiger partial charge in [-0.3, -0.25) is 19.3 Å². The number of carbonyl (C=O) groups is 3. The quantitative estimate of drug-likeness (QED) is 0.455. The molecule has 1 saturated carbocycles. The third kappa shape index (κ3) is 2.79. The first kappa shape index (κ1) is 16.8. The van der Waals surface area contributed by atoms with Crippen LogP contribution in [0.1, 0.15) is 18.4 Å². The van der Waals surface area contributed by atoms with E-state index in [-0.39, 0.29) is 47.9 Å². The summed E-state index contributed by atoms with van der Waals surface area (Å²) in [7, 11) is 0. The van der Waals surface area contributed by atoms with Crippen LogP contribution in [-0.4, -0.2) is 35.7 Å². The van der Waals surface area contributed by atoms with Gasteiger partial charge in [-0.1, -0.05) is 30.4 Å². The van der Waals surface area contributed by atoms with Gasteiger partial charge in [0.15, 0.2) is 0 Å². The molecule has 4 rings (SSSR count). The molecule has 1 aromatic carbocycles. The van der Waals surface area contributed by atoms with E-state index in [0.717, 1.165) is 12.0 Å². The third-order valence-corrected chi connectivity index (χ3v) is 5.90. The number of nitrogen functional groups attached to an aromatic ring is 1. The zero-order chi connectivity index (χ0) is 18.3. The summed E-state index contributed by atoms with van der Waals surface area (Å²) < 4.78 is 0. The average molecular weight is 353 g/mol. The van der Waals surface area contributed by atoms with Gasteiger partial charge in [-0.25, -0.2) is 0 Å². The van der Waals surface area contributed by atoms with Crippen LogP contribution in [0.5, 0.6) is 0 Å². The fourth-order valence-electron chi connectivity index (χ4n) is 4.59. The molecule has 136 valence electrons. The Bertz CT molecular complexity index is 758. The van der Waals surface area contributed by atoms with Crippen LogP contribution in [-0.2, 0) is 20.8 Å². The first-order valence-corrected chi connectivity index (χ1v) is 9.20. The monoisotopic (exact) mass is 353 g/mol. The molecule has 6 nitrogen and oxygen atoms in total. The number of benzene rings is 1. The largest absolute Gasteiger partial charge is 0.399 e. The van der Waals surface area contributed by atoms with Crippen molar-refractivity contribution in [3.63, 3.8) is 0 Å². The Labute approximate surface area is 152 Å². The molecule has 3 aliphatic rings. The zero-order valence-electron chi connectivity index (χ0n) is 14.6. The van der Waals surface area contributed by atoms with Crippen molar-refractivity contribution in [2.45, 2.75) is 19.3 Å². The van der Waals surface area contributed by atoms with E-state index in [1.807, 2.05) is 24.3 Å². The second-order valence-corrected chi connectivity index (χ2v) is 7.38. The summed E-state index contributed by atoms with van der Waals surface area (Å²) in [5.74, 6) is -0.140. The minimum absolute atomic E-state index is 0.0665. The number of amides is 3. The van der Waals surface area contributed by atoms with Gasteiger partial charge in [-0.2, -0.15) is 0 Å². The Kier molecular flexibility index (Phi) is 4.26. The number of hydrogen-bond acceptors (Lipinski definition) is 4. The van der Waals surface area contributed by atoms with Gasteiger partial charge >= 0.3 is 0 Å². The van der Waals surface area contributed by atoms with Gasteiger partial charge < -0.3 is 11.1 Å². The Morgan fingerprint density at radius 1 is 1.12 bits per heavy atom. The van der Waals surface area contributed by atoms with Crippen LogP contribution in [0.2, 0.25) is 0 Å². The molecule has 6 heteroatoms. The van der Waals surface area contributed by atoms with Crippen molar-refractivity contribution < 1.29 is 14.4 Å². The maximum absolute atomic E-state index is 12.6. The molecule has 3 amide bonds. The molecule has 1 heterocycles. The summed E-state index contributed by atoms with van der Waals surface area (Å²) in [6.45, 7) is 0.548. The van der Waals surface area contributed by atoms with Gasteiger partial charge in [0.05, 0.1) is 11.8 Å². The van der Waals surface area contributed by atoms with Crippen LogP contribution in [0.4, 0.5) is 5.69 Å². The number of nitrogens with one attached hydrogen (secondary N) is 1. The van der Waals surface area contributed by atoms with Gasteiger partial charge in [-0.15, -0.1) is 0 Å². The minimum atomic E-state index is -0.172. The van der Waals surface area contributed by atoms with Crippen molar-refractivity contribution in [2.24, 2.45) is 23.7 Å². The third-order valence-electron chi connectivity index (χ3n) is 5.90. The highest BCUT2D eigenvalue weighted by Gasteiger charge is 2.58. The molecule has 4 atom stereocenters. The number of fused-ring (bicyclic) bond motifs is 5. The van der Waals surface area contributed by atoms with Crippen LogP contribution >= 0.6 is 0 Å².